The Labute approximate surface area is 79.3 Å². The van der Waals surface area contributed by atoms with Crippen molar-refractivity contribution in [3.63, 3.8) is 0 Å². The van der Waals surface area contributed by atoms with Gasteiger partial charge in [-0.1, -0.05) is 6.58 Å². The first-order valence-electron chi connectivity index (χ1n) is 1.76. The predicted molar refractivity (Wildman–Crippen MR) is 25.9 cm³/mol. The van der Waals surface area contributed by atoms with Crippen molar-refractivity contribution in [2.24, 2.45) is 0 Å². The van der Waals surface area contributed by atoms with Crippen LogP contribution in [0.4, 0.5) is 4.79 Å². The minimum Gasteiger partial charge on any atom is -0.545 e. The first-order chi connectivity index (χ1) is 4.00. The van der Waals surface area contributed by atoms with E-state index in [1.54, 1.807) is 0 Å². The Kier molecular flexibility index (Phi) is 18.3. The molecular weight excluding hydrogens is 151 g/mol. The smallest absolute Gasteiger partial charge is 0.545 e. The monoisotopic (exact) mass is 156 g/mol. The van der Waals surface area contributed by atoms with Gasteiger partial charge in [0.1, 0.15) is 0 Å². The van der Waals surface area contributed by atoms with Crippen molar-refractivity contribution in [2.75, 3.05) is 0 Å². The first kappa shape index (κ1) is 16.2. The normalized spacial score (nSPS) is 5.60. The summed E-state index contributed by atoms with van der Waals surface area (Å²) in [6.45, 7) is 2.90. The van der Waals surface area contributed by atoms with Crippen molar-refractivity contribution in [2.45, 2.75) is 0 Å². The van der Waals surface area contributed by atoms with E-state index in [1.165, 1.54) is 0 Å². The molecule has 0 aliphatic carbocycles. The molecule has 0 aromatic rings. The van der Waals surface area contributed by atoms with Gasteiger partial charge in [-0.25, -0.2) is 4.79 Å². The quantitative estimate of drug-likeness (QED) is 0.299. The molecule has 6 heteroatoms. The summed E-state index contributed by atoms with van der Waals surface area (Å²) in [6.07, 6.45) is -1.11. The Bertz CT molecular complexity index is 117. The molecule has 0 bridgehead atoms. The average Bonchev–Trinajstić information content (AvgIpc) is 1.65. The van der Waals surface area contributed by atoms with Crippen LogP contribution in [0.1, 0.15) is 0 Å². The van der Waals surface area contributed by atoms with Crippen LogP contribution in [-0.2, 0) is 4.79 Å². The molecule has 0 aromatic carbocycles. The van der Waals surface area contributed by atoms with Gasteiger partial charge in [0.2, 0.25) is 0 Å². The van der Waals surface area contributed by atoms with E-state index in [2.05, 4.69) is 6.58 Å². The van der Waals surface area contributed by atoms with Gasteiger partial charge in [-0.3, -0.25) is 0 Å². The minimum atomic E-state index is -1.83. The maximum atomic E-state index is 9.14. The fourth-order valence-corrected chi connectivity index (χ4v) is 0. The molecule has 0 heterocycles. The van der Waals surface area contributed by atoms with Crippen LogP contribution in [0.2, 0.25) is 0 Å². The summed E-state index contributed by atoms with van der Waals surface area (Å²) < 4.78 is 0. The van der Waals surface area contributed by atoms with Crippen LogP contribution in [0, 0.1) is 0 Å². The number of carbonyl (C=O) groups excluding carboxylic acids is 1. The molecule has 0 unspecified atom stereocenters. The topological polar surface area (TPSA) is 97.7 Å². The van der Waals surface area contributed by atoms with Gasteiger partial charge in [-0.2, -0.15) is 0 Å². The van der Waals surface area contributed by atoms with Gasteiger partial charge in [0.05, 0.1) is 5.97 Å². The molecule has 0 aromatic heterocycles. The van der Waals surface area contributed by atoms with E-state index < -0.39 is 12.1 Å². The number of aliphatic carboxylic acids is 1. The summed E-state index contributed by atoms with van der Waals surface area (Å²) in [5, 5.41) is 23.1. The van der Waals surface area contributed by atoms with Gasteiger partial charge >= 0.3 is 35.7 Å². The third kappa shape index (κ3) is 143. The Balaban J connectivity index is -0.0000000910. The van der Waals surface area contributed by atoms with Crippen LogP contribution >= 0.6 is 0 Å². The van der Waals surface area contributed by atoms with E-state index in [4.69, 9.17) is 24.9 Å². The number of hydrogen-bond acceptors (Lipinski definition) is 3. The van der Waals surface area contributed by atoms with Gasteiger partial charge in [0, 0.05) is 0 Å². The van der Waals surface area contributed by atoms with Crippen molar-refractivity contribution in [3.05, 3.63) is 12.7 Å². The Morgan fingerprint density at radius 3 is 1.50 bits per heavy atom. The summed E-state index contributed by atoms with van der Waals surface area (Å²) in [5.41, 5.74) is 0. The van der Waals surface area contributed by atoms with E-state index in [0.29, 0.717) is 0 Å². The van der Waals surface area contributed by atoms with Crippen LogP contribution in [0.25, 0.3) is 0 Å². The summed E-state index contributed by atoms with van der Waals surface area (Å²) in [5.74, 6) is -1.23. The van der Waals surface area contributed by atoms with Crippen LogP contribution in [0.5, 0.6) is 0 Å². The Morgan fingerprint density at radius 2 is 1.50 bits per heavy atom. The summed E-state index contributed by atoms with van der Waals surface area (Å²) in [6, 6.07) is 0. The Morgan fingerprint density at radius 1 is 1.40 bits per heavy atom. The number of hydrogen-bond donors (Lipinski definition) is 2. The van der Waals surface area contributed by atoms with Crippen LogP contribution in [-0.4, -0.2) is 22.3 Å². The van der Waals surface area contributed by atoms with Crippen LogP contribution < -0.4 is 34.7 Å². The molecule has 0 rings (SSSR count). The Hall–Kier alpha value is -0.520. The molecule has 5 nitrogen and oxygen atoms in total. The standard InChI is InChI=1S/C3H4O2.CH2O3.Na/c1-2-3(4)5;2-1(3)4;/h2H,1H2,(H,4,5);(H2,2,3,4);/q;;+1/p-1. The molecule has 0 fully saturated rings. The molecule has 0 saturated heterocycles. The molecule has 2 N–H and O–H groups in total. The van der Waals surface area contributed by atoms with Crippen LogP contribution in [0.3, 0.4) is 0 Å². The van der Waals surface area contributed by atoms with E-state index in [-0.39, 0.29) is 29.6 Å². The van der Waals surface area contributed by atoms with Gasteiger partial charge < -0.3 is 20.1 Å². The van der Waals surface area contributed by atoms with Crippen molar-refractivity contribution < 1.29 is 54.5 Å². The number of carboxylic acid groups (broad SMARTS) is 3. The van der Waals surface area contributed by atoms with E-state index >= 15 is 0 Å². The number of carbonyl (C=O) groups is 2. The number of carboxylic acids is 1. The third-order valence-electron chi connectivity index (χ3n) is 0.167. The van der Waals surface area contributed by atoms with E-state index in [0.717, 1.165) is 6.08 Å². The third-order valence-corrected chi connectivity index (χ3v) is 0.167. The fraction of sp³-hybridized carbons (Fsp3) is 0. The van der Waals surface area contributed by atoms with Gasteiger partial charge in [-0.15, -0.1) is 0 Å². The van der Waals surface area contributed by atoms with Gasteiger partial charge in [0.25, 0.3) is 0 Å². The van der Waals surface area contributed by atoms with E-state index in [1.807, 2.05) is 0 Å². The molecule has 10 heavy (non-hydrogen) atoms. The largest absolute Gasteiger partial charge is 1.00 e. The molecule has 0 amide bonds. The molecular formula is C4H5NaO5. The van der Waals surface area contributed by atoms with Crippen LogP contribution in [0.15, 0.2) is 12.7 Å². The zero-order valence-electron chi connectivity index (χ0n) is 5.40. The first-order valence-corrected chi connectivity index (χ1v) is 1.76. The maximum Gasteiger partial charge on any atom is 1.00 e. The molecule has 0 spiro atoms. The second-order valence-electron chi connectivity index (χ2n) is 0.806. The molecule has 0 saturated carbocycles. The van der Waals surface area contributed by atoms with Crippen molar-refractivity contribution in [3.8, 4) is 0 Å². The second-order valence-corrected chi connectivity index (χ2v) is 0.806. The van der Waals surface area contributed by atoms with Gasteiger partial charge in [0.15, 0.2) is 0 Å². The molecule has 0 aliphatic heterocycles. The van der Waals surface area contributed by atoms with Crippen molar-refractivity contribution in [1.82, 2.24) is 0 Å². The minimum absolute atomic E-state index is 0. The fourth-order valence-electron chi connectivity index (χ4n) is 0. The molecule has 0 atom stereocenters. The SMILES string of the molecule is C=CC(=O)[O-].O=C(O)O.[Na+]. The second kappa shape index (κ2) is 11.3. The molecule has 0 radical (unpaired) electrons. The van der Waals surface area contributed by atoms with Crippen molar-refractivity contribution in [1.29, 1.82) is 0 Å². The van der Waals surface area contributed by atoms with E-state index in [9.17, 15) is 0 Å². The number of rotatable bonds is 1. The molecule has 52 valence electrons. The van der Waals surface area contributed by atoms with Crippen molar-refractivity contribution >= 4 is 12.1 Å². The molecule has 0 aliphatic rings. The summed E-state index contributed by atoms with van der Waals surface area (Å²) in [7, 11) is 0. The summed E-state index contributed by atoms with van der Waals surface area (Å²) >= 11 is 0. The zero-order chi connectivity index (χ0) is 7.86. The summed E-state index contributed by atoms with van der Waals surface area (Å²) in [4.78, 5) is 17.7. The average molecular weight is 156 g/mol. The zero-order valence-corrected chi connectivity index (χ0v) is 7.40. The maximum absolute atomic E-state index is 9.14. The predicted octanol–water partition coefficient (Wildman–Crippen LogP) is -3.85. The van der Waals surface area contributed by atoms with Gasteiger partial charge in [-0.05, 0) is 6.08 Å².